The number of rotatable bonds is 5. The average molecular weight is 350 g/mol. The number of carbonyl (C=O) groups excluding carboxylic acids is 1. The summed E-state index contributed by atoms with van der Waals surface area (Å²) in [7, 11) is 0. The third-order valence-electron chi connectivity index (χ3n) is 4.01. The van der Waals surface area contributed by atoms with E-state index >= 15 is 0 Å². The second-order valence-electron chi connectivity index (χ2n) is 5.71. The Kier molecular flexibility index (Phi) is 5.18. The first-order valence-corrected chi connectivity index (χ1v) is 9.08. The lowest BCUT2D eigenvalue weighted by molar-refractivity contribution is 0.0954. The van der Waals surface area contributed by atoms with E-state index in [1.807, 2.05) is 31.2 Å². The smallest absolute Gasteiger partial charge is 0.251 e. The highest BCUT2D eigenvalue weighted by molar-refractivity contribution is 7.16. The van der Waals surface area contributed by atoms with Gasteiger partial charge in [-0.2, -0.15) is 0 Å². The predicted octanol–water partition coefficient (Wildman–Crippen LogP) is 3.68. The largest absolute Gasteiger partial charge is 0.372 e. The molecule has 3 rings (SSSR count). The minimum atomic E-state index is -0.0441. The summed E-state index contributed by atoms with van der Waals surface area (Å²) in [6, 6.07) is 7.86. The third kappa shape index (κ3) is 4.03. The quantitative estimate of drug-likeness (QED) is 0.895. The van der Waals surface area contributed by atoms with E-state index < -0.39 is 0 Å². The summed E-state index contributed by atoms with van der Waals surface area (Å²) in [6.45, 7) is 4.68. The summed E-state index contributed by atoms with van der Waals surface area (Å²) in [5, 5.41) is 3.89. The van der Waals surface area contributed by atoms with Crippen LogP contribution in [-0.4, -0.2) is 30.5 Å². The van der Waals surface area contributed by atoms with Crippen LogP contribution in [0.2, 0.25) is 4.34 Å². The van der Waals surface area contributed by atoms with Crippen LogP contribution in [0.3, 0.4) is 0 Å². The van der Waals surface area contributed by atoms with Gasteiger partial charge in [-0.3, -0.25) is 4.79 Å². The Morgan fingerprint density at radius 2 is 2.00 bits per heavy atom. The number of aromatic nitrogens is 1. The van der Waals surface area contributed by atoms with Crippen LogP contribution in [0.4, 0.5) is 5.69 Å². The van der Waals surface area contributed by atoms with Crippen molar-refractivity contribution >= 4 is 34.5 Å². The van der Waals surface area contributed by atoms with Crippen molar-refractivity contribution in [3.8, 4) is 0 Å². The molecule has 0 unspecified atom stereocenters. The van der Waals surface area contributed by atoms with Crippen LogP contribution in [0.15, 0.2) is 24.3 Å². The van der Waals surface area contributed by atoms with Crippen LogP contribution in [0.25, 0.3) is 0 Å². The molecule has 4 nitrogen and oxygen atoms in total. The maximum atomic E-state index is 12.2. The number of hydrogen-bond acceptors (Lipinski definition) is 4. The Morgan fingerprint density at radius 1 is 1.30 bits per heavy atom. The van der Waals surface area contributed by atoms with Crippen LogP contribution in [0.5, 0.6) is 0 Å². The monoisotopic (exact) mass is 349 g/mol. The van der Waals surface area contributed by atoms with E-state index in [2.05, 4.69) is 15.2 Å². The van der Waals surface area contributed by atoms with Gasteiger partial charge in [-0.15, -0.1) is 11.3 Å². The molecule has 0 bridgehead atoms. The highest BCUT2D eigenvalue weighted by atomic mass is 35.5. The molecular formula is C17H20ClN3OS. The first-order valence-electron chi connectivity index (χ1n) is 7.88. The van der Waals surface area contributed by atoms with E-state index in [1.165, 1.54) is 29.9 Å². The lowest BCUT2D eigenvalue weighted by atomic mass is 10.2. The molecule has 2 heterocycles. The summed E-state index contributed by atoms with van der Waals surface area (Å²) < 4.78 is 0.726. The maximum absolute atomic E-state index is 12.2. The number of aryl methyl sites for hydroxylation is 1. The molecule has 1 fully saturated rings. The van der Waals surface area contributed by atoms with Gasteiger partial charge in [-0.1, -0.05) is 11.6 Å². The number of carbonyl (C=O) groups is 1. The summed E-state index contributed by atoms with van der Waals surface area (Å²) in [6.07, 6.45) is 3.21. The fourth-order valence-corrected chi connectivity index (χ4v) is 3.82. The molecule has 0 atom stereocenters. The molecule has 1 aliphatic heterocycles. The maximum Gasteiger partial charge on any atom is 0.251 e. The average Bonchev–Trinajstić information content (AvgIpc) is 3.18. The van der Waals surface area contributed by atoms with Gasteiger partial charge in [0, 0.05) is 37.3 Å². The molecule has 0 saturated carbocycles. The van der Waals surface area contributed by atoms with E-state index in [-0.39, 0.29) is 5.91 Å². The molecule has 0 radical (unpaired) electrons. The fraction of sp³-hybridized carbons (Fsp3) is 0.412. The van der Waals surface area contributed by atoms with E-state index in [1.54, 1.807) is 0 Å². The number of nitrogens with zero attached hydrogens (tertiary/aromatic N) is 2. The molecule has 0 spiro atoms. The molecule has 6 heteroatoms. The molecule has 1 aromatic heterocycles. The molecule has 0 aliphatic carbocycles. The molecule has 1 aliphatic rings. The Morgan fingerprint density at radius 3 is 2.61 bits per heavy atom. The molecule has 1 N–H and O–H groups in total. The van der Waals surface area contributed by atoms with E-state index in [0.717, 1.165) is 28.1 Å². The lowest BCUT2D eigenvalue weighted by Gasteiger charge is -2.17. The van der Waals surface area contributed by atoms with Crippen molar-refractivity contribution in [1.82, 2.24) is 10.3 Å². The highest BCUT2D eigenvalue weighted by Gasteiger charge is 2.13. The predicted molar refractivity (Wildman–Crippen MR) is 95.8 cm³/mol. The van der Waals surface area contributed by atoms with Crippen molar-refractivity contribution in [2.24, 2.45) is 0 Å². The van der Waals surface area contributed by atoms with Gasteiger partial charge in [-0.25, -0.2) is 4.98 Å². The Labute approximate surface area is 145 Å². The Balaban J connectivity index is 1.51. The molecule has 2 aromatic rings. The van der Waals surface area contributed by atoms with Gasteiger partial charge in [0.25, 0.3) is 5.91 Å². The first kappa shape index (κ1) is 16.3. The standard InChI is InChI=1S/C17H20ClN3OS/c1-12-16(18)23-15(20-12)8-9-19-17(22)13-4-6-14(7-5-13)21-10-2-3-11-21/h4-7H,2-3,8-11H2,1H3,(H,19,22). The van der Waals surface area contributed by atoms with Gasteiger partial charge in [0.15, 0.2) is 0 Å². The summed E-state index contributed by atoms with van der Waals surface area (Å²) in [5.41, 5.74) is 2.75. The second-order valence-corrected chi connectivity index (χ2v) is 7.40. The van der Waals surface area contributed by atoms with Crippen molar-refractivity contribution in [3.63, 3.8) is 0 Å². The van der Waals surface area contributed by atoms with E-state index in [0.29, 0.717) is 18.5 Å². The molecule has 1 aromatic carbocycles. The zero-order chi connectivity index (χ0) is 16.2. The summed E-state index contributed by atoms with van der Waals surface area (Å²) in [5.74, 6) is -0.0441. The van der Waals surface area contributed by atoms with Gasteiger partial charge in [0.05, 0.1) is 10.7 Å². The number of amides is 1. The second kappa shape index (κ2) is 7.32. The van der Waals surface area contributed by atoms with Crippen molar-refractivity contribution in [2.75, 3.05) is 24.5 Å². The van der Waals surface area contributed by atoms with Crippen LogP contribution in [0.1, 0.15) is 33.9 Å². The minimum Gasteiger partial charge on any atom is -0.372 e. The van der Waals surface area contributed by atoms with Crippen molar-refractivity contribution in [3.05, 3.63) is 44.9 Å². The molecule has 1 saturated heterocycles. The van der Waals surface area contributed by atoms with Crippen molar-refractivity contribution in [2.45, 2.75) is 26.2 Å². The van der Waals surface area contributed by atoms with E-state index in [4.69, 9.17) is 11.6 Å². The van der Waals surface area contributed by atoms with Crippen LogP contribution >= 0.6 is 22.9 Å². The summed E-state index contributed by atoms with van der Waals surface area (Å²) in [4.78, 5) is 18.9. The number of benzene rings is 1. The molecule has 1 amide bonds. The normalized spacial score (nSPS) is 14.3. The zero-order valence-corrected chi connectivity index (χ0v) is 14.7. The van der Waals surface area contributed by atoms with Gasteiger partial charge in [0.2, 0.25) is 0 Å². The Bertz CT molecular complexity index is 658. The Hall–Kier alpha value is -1.59. The van der Waals surface area contributed by atoms with Crippen LogP contribution < -0.4 is 10.2 Å². The van der Waals surface area contributed by atoms with Crippen LogP contribution in [0, 0.1) is 6.92 Å². The lowest BCUT2D eigenvalue weighted by Crippen LogP contribution is -2.25. The summed E-state index contributed by atoms with van der Waals surface area (Å²) >= 11 is 7.48. The van der Waals surface area contributed by atoms with Gasteiger partial charge in [0.1, 0.15) is 4.34 Å². The number of thiazole rings is 1. The number of anilines is 1. The van der Waals surface area contributed by atoms with Gasteiger partial charge < -0.3 is 10.2 Å². The number of halogens is 1. The minimum absolute atomic E-state index is 0.0441. The SMILES string of the molecule is Cc1nc(CCNC(=O)c2ccc(N3CCCC3)cc2)sc1Cl. The molecular weight excluding hydrogens is 330 g/mol. The van der Waals surface area contributed by atoms with Crippen molar-refractivity contribution < 1.29 is 4.79 Å². The molecule has 23 heavy (non-hydrogen) atoms. The fourth-order valence-electron chi connectivity index (χ4n) is 2.72. The highest BCUT2D eigenvalue weighted by Crippen LogP contribution is 2.23. The number of nitrogens with one attached hydrogen (secondary N) is 1. The van der Waals surface area contributed by atoms with E-state index in [9.17, 15) is 4.79 Å². The van der Waals surface area contributed by atoms with Crippen LogP contribution in [-0.2, 0) is 6.42 Å². The van der Waals surface area contributed by atoms with Gasteiger partial charge >= 0.3 is 0 Å². The topological polar surface area (TPSA) is 45.2 Å². The molecule has 122 valence electrons. The third-order valence-corrected chi connectivity index (χ3v) is 5.52. The first-order chi connectivity index (χ1) is 11.1. The van der Waals surface area contributed by atoms with Gasteiger partial charge in [-0.05, 0) is 44.0 Å². The zero-order valence-electron chi connectivity index (χ0n) is 13.1. The van der Waals surface area contributed by atoms with Crippen molar-refractivity contribution in [1.29, 1.82) is 0 Å². The number of hydrogen-bond donors (Lipinski definition) is 1.